The molecule has 1 amide bonds. The van der Waals surface area contributed by atoms with E-state index < -0.39 is 36.1 Å². The van der Waals surface area contributed by atoms with Crippen molar-refractivity contribution in [2.24, 2.45) is 5.92 Å². The highest BCUT2D eigenvalue weighted by Gasteiger charge is 2.31. The molecular formula is C21H19F3N4O3. The van der Waals surface area contributed by atoms with Gasteiger partial charge in [0.25, 0.3) is 5.91 Å². The first-order chi connectivity index (χ1) is 14.8. The van der Waals surface area contributed by atoms with E-state index in [0.29, 0.717) is 43.0 Å². The molecule has 0 atom stereocenters. The average Bonchev–Trinajstić information content (AvgIpc) is 2.77. The van der Waals surface area contributed by atoms with E-state index in [2.05, 4.69) is 10.3 Å². The van der Waals surface area contributed by atoms with Crippen LogP contribution in [0.25, 0.3) is 0 Å². The van der Waals surface area contributed by atoms with Crippen molar-refractivity contribution in [1.29, 1.82) is 5.26 Å². The maximum atomic E-state index is 12.6. The number of benzene rings is 1. The first kappa shape index (κ1) is 22.1. The van der Waals surface area contributed by atoms with E-state index in [0.717, 1.165) is 12.3 Å². The number of halogens is 3. The van der Waals surface area contributed by atoms with Crippen LogP contribution in [0.2, 0.25) is 0 Å². The number of amides is 1. The number of hydrogen-bond acceptors (Lipinski definition) is 6. The number of carbonyl (C=O) groups is 2. The van der Waals surface area contributed by atoms with Crippen LogP contribution < -0.4 is 10.2 Å². The van der Waals surface area contributed by atoms with Gasteiger partial charge < -0.3 is 15.0 Å². The summed E-state index contributed by atoms with van der Waals surface area (Å²) in [4.78, 5) is 29.9. The third kappa shape index (κ3) is 5.94. The van der Waals surface area contributed by atoms with Crippen molar-refractivity contribution in [2.75, 3.05) is 29.9 Å². The first-order valence-corrected chi connectivity index (χ1v) is 9.51. The van der Waals surface area contributed by atoms with Crippen molar-refractivity contribution in [3.05, 3.63) is 53.7 Å². The number of ether oxygens (including phenoxy) is 1. The maximum absolute atomic E-state index is 12.6. The Bertz CT molecular complexity index is 979. The van der Waals surface area contributed by atoms with E-state index in [4.69, 9.17) is 10.00 Å². The zero-order valence-electron chi connectivity index (χ0n) is 16.4. The zero-order chi connectivity index (χ0) is 22.4. The summed E-state index contributed by atoms with van der Waals surface area (Å²) in [5, 5.41) is 11.4. The van der Waals surface area contributed by atoms with Crippen LogP contribution >= 0.6 is 0 Å². The predicted octanol–water partition coefficient (Wildman–Crippen LogP) is 3.37. The Morgan fingerprint density at radius 3 is 2.58 bits per heavy atom. The Kier molecular flexibility index (Phi) is 6.74. The van der Waals surface area contributed by atoms with Crippen molar-refractivity contribution in [3.8, 4) is 6.07 Å². The number of nitriles is 1. The summed E-state index contributed by atoms with van der Waals surface area (Å²) < 4.78 is 43.0. The van der Waals surface area contributed by atoms with Crippen molar-refractivity contribution in [3.63, 3.8) is 0 Å². The van der Waals surface area contributed by atoms with Crippen LogP contribution in [0.15, 0.2) is 42.6 Å². The first-order valence-electron chi connectivity index (χ1n) is 9.51. The van der Waals surface area contributed by atoms with Gasteiger partial charge in [0.2, 0.25) is 0 Å². The largest absolute Gasteiger partial charge is 0.455 e. The molecule has 0 aliphatic carbocycles. The monoisotopic (exact) mass is 432 g/mol. The van der Waals surface area contributed by atoms with Crippen molar-refractivity contribution in [1.82, 2.24) is 4.98 Å². The van der Waals surface area contributed by atoms with E-state index in [9.17, 15) is 22.8 Å². The molecule has 0 spiro atoms. The van der Waals surface area contributed by atoms with Crippen LogP contribution in [0.4, 0.5) is 24.7 Å². The molecule has 10 heteroatoms. The van der Waals surface area contributed by atoms with Gasteiger partial charge in [-0.25, -0.2) is 4.98 Å². The van der Waals surface area contributed by atoms with E-state index in [1.165, 1.54) is 12.1 Å². The smallest absolute Gasteiger partial charge is 0.417 e. The van der Waals surface area contributed by atoms with E-state index in [-0.39, 0.29) is 0 Å². The predicted molar refractivity (Wildman–Crippen MR) is 105 cm³/mol. The molecule has 31 heavy (non-hydrogen) atoms. The van der Waals surface area contributed by atoms with Gasteiger partial charge in [-0.1, -0.05) is 6.07 Å². The molecule has 2 aromatic rings. The number of nitrogens with zero attached hydrogens (tertiary/aromatic N) is 3. The molecule has 0 saturated carbocycles. The Balaban J connectivity index is 1.44. The molecule has 1 aromatic heterocycles. The van der Waals surface area contributed by atoms with Gasteiger partial charge in [-0.05, 0) is 43.2 Å². The summed E-state index contributed by atoms with van der Waals surface area (Å²) in [6.07, 6.45) is -2.77. The summed E-state index contributed by atoms with van der Waals surface area (Å²) in [6, 6.07) is 10.6. The molecule has 0 radical (unpaired) electrons. The van der Waals surface area contributed by atoms with Crippen molar-refractivity contribution >= 4 is 23.4 Å². The summed E-state index contributed by atoms with van der Waals surface area (Å²) >= 11 is 0. The lowest BCUT2D eigenvalue weighted by atomic mass is 9.97. The van der Waals surface area contributed by atoms with Gasteiger partial charge >= 0.3 is 12.1 Å². The Morgan fingerprint density at radius 1 is 1.23 bits per heavy atom. The molecular weight excluding hydrogens is 413 g/mol. The number of aromatic nitrogens is 1. The molecule has 1 aliphatic heterocycles. The fourth-order valence-corrected chi connectivity index (χ4v) is 3.20. The molecule has 1 aromatic carbocycles. The second-order valence-corrected chi connectivity index (χ2v) is 7.01. The molecule has 7 nitrogen and oxygen atoms in total. The quantitative estimate of drug-likeness (QED) is 0.728. The third-order valence-corrected chi connectivity index (χ3v) is 4.85. The second-order valence-electron chi connectivity index (χ2n) is 7.01. The summed E-state index contributed by atoms with van der Waals surface area (Å²) in [6.45, 7) is 0.423. The van der Waals surface area contributed by atoms with Crippen molar-refractivity contribution < 1.29 is 27.5 Å². The molecule has 1 N–H and O–H groups in total. The Morgan fingerprint density at radius 2 is 1.97 bits per heavy atom. The van der Waals surface area contributed by atoms with Crippen LogP contribution in [0, 0.1) is 17.2 Å². The van der Waals surface area contributed by atoms with Gasteiger partial charge in [0.15, 0.2) is 6.61 Å². The molecule has 1 aliphatic rings. The normalized spacial score (nSPS) is 14.6. The van der Waals surface area contributed by atoms with Crippen LogP contribution in [0.1, 0.15) is 24.0 Å². The molecule has 1 saturated heterocycles. The number of esters is 1. The minimum atomic E-state index is -4.44. The number of nitrogens with one attached hydrogen (secondary N) is 1. The molecule has 0 bridgehead atoms. The fraction of sp³-hybridized carbons (Fsp3) is 0.333. The molecule has 0 unspecified atom stereocenters. The SMILES string of the molecule is N#Cc1cccc(NC(=O)COC(=O)C2CCN(c3ccc(C(F)(F)F)cn3)CC2)c1. The third-order valence-electron chi connectivity index (χ3n) is 4.85. The highest BCUT2D eigenvalue weighted by molar-refractivity contribution is 5.93. The lowest BCUT2D eigenvalue weighted by molar-refractivity contribution is -0.152. The number of piperidine rings is 1. The van der Waals surface area contributed by atoms with Crippen LogP contribution in [0.5, 0.6) is 0 Å². The van der Waals surface area contributed by atoms with Crippen LogP contribution in [-0.2, 0) is 20.5 Å². The zero-order valence-corrected chi connectivity index (χ0v) is 16.4. The highest BCUT2D eigenvalue weighted by Crippen LogP contribution is 2.30. The molecule has 162 valence electrons. The number of rotatable bonds is 5. The van der Waals surface area contributed by atoms with Crippen LogP contribution in [-0.4, -0.2) is 36.6 Å². The van der Waals surface area contributed by atoms with E-state index in [1.807, 2.05) is 6.07 Å². The number of hydrogen-bond donors (Lipinski definition) is 1. The number of anilines is 2. The fourth-order valence-electron chi connectivity index (χ4n) is 3.20. The minimum absolute atomic E-state index is 0.393. The standard InChI is InChI=1S/C21H19F3N4O3/c22-21(23,24)16-4-5-18(26-12-16)28-8-6-15(7-9-28)20(30)31-13-19(29)27-17-3-1-2-14(10-17)11-25/h1-5,10,12,15H,6-9,13H2,(H,27,29). The van der Waals surface area contributed by atoms with Gasteiger partial charge in [-0.15, -0.1) is 0 Å². The summed E-state index contributed by atoms with van der Waals surface area (Å²) in [7, 11) is 0. The van der Waals surface area contributed by atoms with Gasteiger partial charge in [0, 0.05) is 25.0 Å². The lowest BCUT2D eigenvalue weighted by Crippen LogP contribution is -2.38. The Labute approximate surface area is 176 Å². The minimum Gasteiger partial charge on any atom is -0.455 e. The Hall–Kier alpha value is -3.61. The molecule has 3 rings (SSSR count). The lowest BCUT2D eigenvalue weighted by Gasteiger charge is -2.31. The molecule has 1 fully saturated rings. The molecule has 2 heterocycles. The number of carbonyl (C=O) groups excluding carboxylic acids is 2. The van der Waals surface area contributed by atoms with E-state index in [1.54, 1.807) is 23.1 Å². The average molecular weight is 432 g/mol. The summed E-state index contributed by atoms with van der Waals surface area (Å²) in [5.41, 5.74) is 0.00822. The van der Waals surface area contributed by atoms with Gasteiger partial charge in [-0.2, -0.15) is 18.4 Å². The van der Waals surface area contributed by atoms with Crippen molar-refractivity contribution in [2.45, 2.75) is 19.0 Å². The van der Waals surface area contributed by atoms with Gasteiger partial charge in [0.05, 0.1) is 23.1 Å². The van der Waals surface area contributed by atoms with E-state index >= 15 is 0 Å². The van der Waals surface area contributed by atoms with Gasteiger partial charge in [-0.3, -0.25) is 9.59 Å². The summed E-state index contributed by atoms with van der Waals surface area (Å²) in [5.74, 6) is -1.00. The highest BCUT2D eigenvalue weighted by atomic mass is 19.4. The maximum Gasteiger partial charge on any atom is 0.417 e. The second kappa shape index (κ2) is 9.47. The number of alkyl halides is 3. The number of pyridine rings is 1. The van der Waals surface area contributed by atoms with Gasteiger partial charge in [0.1, 0.15) is 5.82 Å². The topological polar surface area (TPSA) is 95.3 Å². The van der Waals surface area contributed by atoms with Crippen LogP contribution in [0.3, 0.4) is 0 Å².